The number of hydrogen-bond donors (Lipinski definition) is 2. The van der Waals surface area contributed by atoms with Gasteiger partial charge in [0.1, 0.15) is 0 Å². The molecule has 3 rings (SSSR count). The Morgan fingerprint density at radius 3 is 2.52 bits per heavy atom. The van der Waals surface area contributed by atoms with E-state index in [1.165, 1.54) is 32.4 Å². The molecule has 1 heterocycles. The summed E-state index contributed by atoms with van der Waals surface area (Å²) in [4.78, 5) is 0.0327. The molecular formula is C19H22N2O5S. The molecule has 2 aromatic carbocycles. The Balaban J connectivity index is 1.80. The fraction of sp³-hybridized carbons (Fsp3) is 0.263. The monoisotopic (exact) mass is 390 g/mol. The number of sulfonamides is 1. The van der Waals surface area contributed by atoms with Crippen LogP contribution in [0.25, 0.3) is 10.9 Å². The largest absolute Gasteiger partial charge is 0.493 e. The first-order valence-electron chi connectivity index (χ1n) is 8.31. The lowest BCUT2D eigenvalue weighted by Gasteiger charge is -2.13. The highest BCUT2D eigenvalue weighted by atomic mass is 32.2. The molecule has 27 heavy (non-hydrogen) atoms. The fourth-order valence-electron chi connectivity index (χ4n) is 3.00. The third kappa shape index (κ3) is 3.78. The molecule has 2 N–H and O–H groups in total. The number of aliphatic hydroxyl groups is 1. The van der Waals surface area contributed by atoms with E-state index < -0.39 is 16.1 Å². The van der Waals surface area contributed by atoms with Gasteiger partial charge < -0.3 is 19.1 Å². The standard InChI is InChI=1S/C19H22N2O5S/c1-21-12-15(14-6-4-5-7-16(14)21)17(22)11-20-27(23,24)13-8-9-18(25-2)19(10-13)26-3/h4-10,12,17,20,22H,11H2,1-3H3. The van der Waals surface area contributed by atoms with Gasteiger partial charge in [0.25, 0.3) is 0 Å². The molecule has 0 radical (unpaired) electrons. The molecule has 0 amide bonds. The van der Waals surface area contributed by atoms with Crippen molar-refractivity contribution in [3.63, 3.8) is 0 Å². The number of nitrogens with zero attached hydrogens (tertiary/aromatic N) is 1. The van der Waals surface area contributed by atoms with E-state index in [-0.39, 0.29) is 11.4 Å². The Morgan fingerprint density at radius 2 is 1.81 bits per heavy atom. The minimum Gasteiger partial charge on any atom is -0.493 e. The molecular weight excluding hydrogens is 368 g/mol. The summed E-state index contributed by atoms with van der Waals surface area (Å²) in [5.41, 5.74) is 1.64. The van der Waals surface area contributed by atoms with Crippen LogP contribution in [0.2, 0.25) is 0 Å². The second kappa shape index (κ2) is 7.59. The predicted octanol–water partition coefficient (Wildman–Crippen LogP) is 2.21. The molecule has 0 fully saturated rings. The maximum Gasteiger partial charge on any atom is 0.240 e. The van der Waals surface area contributed by atoms with Crippen LogP contribution in [0.3, 0.4) is 0 Å². The highest BCUT2D eigenvalue weighted by molar-refractivity contribution is 7.89. The van der Waals surface area contributed by atoms with Crippen LogP contribution in [0, 0.1) is 0 Å². The molecule has 0 bridgehead atoms. The number of nitrogens with one attached hydrogen (secondary N) is 1. The van der Waals surface area contributed by atoms with Crippen LogP contribution in [0.1, 0.15) is 11.7 Å². The summed E-state index contributed by atoms with van der Waals surface area (Å²) in [5.74, 6) is 0.752. The van der Waals surface area contributed by atoms with Crippen molar-refractivity contribution in [3.05, 3.63) is 54.2 Å². The number of methoxy groups -OCH3 is 2. The lowest BCUT2D eigenvalue weighted by atomic mass is 10.1. The highest BCUT2D eigenvalue weighted by Gasteiger charge is 2.20. The molecule has 0 saturated heterocycles. The van der Waals surface area contributed by atoms with Gasteiger partial charge in [-0.1, -0.05) is 18.2 Å². The topological polar surface area (TPSA) is 89.8 Å². The zero-order chi connectivity index (χ0) is 19.6. The summed E-state index contributed by atoms with van der Waals surface area (Å²) < 4.78 is 39.8. The summed E-state index contributed by atoms with van der Waals surface area (Å²) in [5, 5.41) is 11.4. The van der Waals surface area contributed by atoms with E-state index in [1.807, 2.05) is 35.9 Å². The van der Waals surface area contributed by atoms with E-state index >= 15 is 0 Å². The number of para-hydroxylation sites is 1. The number of aromatic nitrogens is 1. The van der Waals surface area contributed by atoms with Crippen molar-refractivity contribution in [1.82, 2.24) is 9.29 Å². The van der Waals surface area contributed by atoms with Gasteiger partial charge in [0.05, 0.1) is 25.2 Å². The number of rotatable bonds is 7. The maximum absolute atomic E-state index is 12.6. The van der Waals surface area contributed by atoms with Crippen molar-refractivity contribution in [2.45, 2.75) is 11.0 Å². The summed E-state index contributed by atoms with van der Waals surface area (Å²) in [6.45, 7) is -0.148. The molecule has 0 spiro atoms. The van der Waals surface area contributed by atoms with Gasteiger partial charge in [-0.15, -0.1) is 0 Å². The number of hydrogen-bond acceptors (Lipinski definition) is 5. The maximum atomic E-state index is 12.6. The van der Waals surface area contributed by atoms with E-state index in [0.29, 0.717) is 17.1 Å². The smallest absolute Gasteiger partial charge is 0.240 e. The van der Waals surface area contributed by atoms with Gasteiger partial charge in [0, 0.05) is 42.3 Å². The first kappa shape index (κ1) is 19.2. The Labute approximate surface area is 158 Å². The predicted molar refractivity (Wildman–Crippen MR) is 103 cm³/mol. The Hall–Kier alpha value is -2.55. The van der Waals surface area contributed by atoms with Crippen LogP contribution >= 0.6 is 0 Å². The molecule has 3 aromatic rings. The van der Waals surface area contributed by atoms with Crippen molar-refractivity contribution in [2.75, 3.05) is 20.8 Å². The van der Waals surface area contributed by atoms with Crippen molar-refractivity contribution < 1.29 is 23.0 Å². The van der Waals surface area contributed by atoms with E-state index in [1.54, 1.807) is 6.20 Å². The van der Waals surface area contributed by atoms with Gasteiger partial charge in [-0.25, -0.2) is 13.1 Å². The minimum atomic E-state index is -3.82. The minimum absolute atomic E-state index is 0.0327. The molecule has 0 aliphatic heterocycles. The molecule has 1 aromatic heterocycles. The van der Waals surface area contributed by atoms with Crippen LogP contribution in [-0.2, 0) is 17.1 Å². The summed E-state index contributed by atoms with van der Waals surface area (Å²) in [6, 6.07) is 12.0. The Bertz CT molecular complexity index is 1060. The van der Waals surface area contributed by atoms with E-state index in [4.69, 9.17) is 9.47 Å². The van der Waals surface area contributed by atoms with Crippen LogP contribution in [0.5, 0.6) is 11.5 Å². The zero-order valence-corrected chi connectivity index (χ0v) is 16.2. The molecule has 7 nitrogen and oxygen atoms in total. The second-order valence-corrected chi connectivity index (χ2v) is 7.86. The van der Waals surface area contributed by atoms with Crippen LogP contribution in [0.4, 0.5) is 0 Å². The summed E-state index contributed by atoms with van der Waals surface area (Å²) in [6.07, 6.45) is 0.825. The lowest BCUT2D eigenvalue weighted by Crippen LogP contribution is -2.28. The van der Waals surface area contributed by atoms with Gasteiger partial charge in [0.2, 0.25) is 10.0 Å². The SMILES string of the molecule is COc1ccc(S(=O)(=O)NCC(O)c2cn(C)c3ccccc23)cc1OC. The number of ether oxygens (including phenoxy) is 2. The van der Waals surface area contributed by atoms with Crippen LogP contribution in [0.15, 0.2) is 53.6 Å². The van der Waals surface area contributed by atoms with E-state index in [9.17, 15) is 13.5 Å². The average molecular weight is 390 g/mol. The molecule has 8 heteroatoms. The van der Waals surface area contributed by atoms with Crippen molar-refractivity contribution in [2.24, 2.45) is 7.05 Å². The molecule has 0 aliphatic carbocycles. The molecule has 1 unspecified atom stereocenters. The third-order valence-electron chi connectivity index (χ3n) is 4.42. The van der Waals surface area contributed by atoms with E-state index in [0.717, 1.165) is 10.9 Å². The Morgan fingerprint density at radius 1 is 1.11 bits per heavy atom. The molecule has 0 saturated carbocycles. The van der Waals surface area contributed by atoms with Gasteiger partial charge >= 0.3 is 0 Å². The summed E-state index contributed by atoms with van der Waals surface area (Å²) in [7, 11) is 0.975. The number of aryl methyl sites for hydroxylation is 1. The number of aliphatic hydroxyl groups excluding tert-OH is 1. The molecule has 0 aliphatic rings. The molecule has 1 atom stereocenters. The Kier molecular flexibility index (Phi) is 5.41. The molecule has 144 valence electrons. The van der Waals surface area contributed by atoms with Crippen molar-refractivity contribution in [1.29, 1.82) is 0 Å². The third-order valence-corrected chi connectivity index (χ3v) is 5.84. The van der Waals surface area contributed by atoms with Crippen LogP contribution < -0.4 is 14.2 Å². The average Bonchev–Trinajstić information content (AvgIpc) is 3.02. The van der Waals surface area contributed by atoms with Gasteiger partial charge in [-0.2, -0.15) is 0 Å². The fourth-order valence-corrected chi connectivity index (χ4v) is 4.06. The zero-order valence-electron chi connectivity index (χ0n) is 15.3. The van der Waals surface area contributed by atoms with Gasteiger partial charge in [-0.3, -0.25) is 0 Å². The van der Waals surface area contributed by atoms with Crippen molar-refractivity contribution in [3.8, 4) is 11.5 Å². The normalized spacial score (nSPS) is 12.9. The van der Waals surface area contributed by atoms with Gasteiger partial charge in [-0.05, 0) is 18.2 Å². The summed E-state index contributed by atoms with van der Waals surface area (Å²) >= 11 is 0. The quantitative estimate of drug-likeness (QED) is 0.646. The van der Waals surface area contributed by atoms with Crippen molar-refractivity contribution >= 4 is 20.9 Å². The second-order valence-electron chi connectivity index (χ2n) is 6.10. The first-order valence-corrected chi connectivity index (χ1v) is 9.79. The lowest BCUT2D eigenvalue weighted by molar-refractivity contribution is 0.183. The van der Waals surface area contributed by atoms with Crippen LogP contribution in [-0.4, -0.2) is 38.9 Å². The first-order chi connectivity index (χ1) is 12.9. The number of benzene rings is 2. The van der Waals surface area contributed by atoms with Gasteiger partial charge in [0.15, 0.2) is 11.5 Å². The number of fused-ring (bicyclic) bond motifs is 1. The van der Waals surface area contributed by atoms with E-state index in [2.05, 4.69) is 4.72 Å². The highest BCUT2D eigenvalue weighted by Crippen LogP contribution is 2.30.